The maximum Gasteiger partial charge on any atom is 0.407 e. The van der Waals surface area contributed by atoms with Crippen LogP contribution in [0.5, 0.6) is 0 Å². The van der Waals surface area contributed by atoms with Gasteiger partial charge in [0.05, 0.1) is 23.2 Å². The van der Waals surface area contributed by atoms with Crippen molar-refractivity contribution in [1.29, 1.82) is 0 Å². The van der Waals surface area contributed by atoms with E-state index < -0.39 is 11.7 Å². The lowest BCUT2D eigenvalue weighted by Gasteiger charge is -2.42. The third-order valence-electron chi connectivity index (χ3n) is 9.59. The molecule has 2 atom stereocenters. The summed E-state index contributed by atoms with van der Waals surface area (Å²) >= 11 is 0. The average molecular weight is 606 g/mol. The molecule has 230 valence electrons. The fourth-order valence-electron chi connectivity index (χ4n) is 7.09. The number of benzene rings is 3. The minimum absolute atomic E-state index is 0.00836. The van der Waals surface area contributed by atoms with Gasteiger partial charge < -0.3 is 24.6 Å². The van der Waals surface area contributed by atoms with Gasteiger partial charge in [-0.3, -0.25) is 14.2 Å². The Kier molecular flexibility index (Phi) is 7.37. The molecule has 10 heteroatoms. The van der Waals surface area contributed by atoms with Gasteiger partial charge in [-0.15, -0.1) is 0 Å². The van der Waals surface area contributed by atoms with E-state index in [1.807, 2.05) is 83.6 Å². The number of likely N-dealkylation sites (tertiary alicyclic amines) is 2. The highest BCUT2D eigenvalue weighted by molar-refractivity contribution is 5.92. The summed E-state index contributed by atoms with van der Waals surface area (Å²) in [6, 6.07) is 25.5. The molecule has 3 aromatic carbocycles. The molecule has 2 N–H and O–H groups in total. The molecule has 0 spiro atoms. The molecular weight excluding hydrogens is 570 g/mol. The quantitative estimate of drug-likeness (QED) is 0.305. The van der Waals surface area contributed by atoms with Gasteiger partial charge >= 0.3 is 6.09 Å². The number of hydrogen-bond acceptors (Lipinski definition) is 5. The molecule has 10 nitrogen and oxygen atoms in total. The zero-order valence-electron chi connectivity index (χ0n) is 24.8. The second-order valence-corrected chi connectivity index (χ2v) is 12.3. The van der Waals surface area contributed by atoms with E-state index in [1.165, 1.54) is 15.8 Å². The molecule has 0 saturated carbocycles. The molecule has 2 aliphatic heterocycles. The van der Waals surface area contributed by atoms with Crippen LogP contribution in [0.25, 0.3) is 27.5 Å². The SMILES string of the molecule is O=C(O)N1CC[C@@H](C(=O)N2CCC(O)(Cn3cnc4c(ccn4-c4cccc5ccccc45)c3=O)CC2)[C@H](c2ccccc2)C1. The molecule has 0 bridgehead atoms. The van der Waals surface area contributed by atoms with Crippen molar-refractivity contribution in [2.75, 3.05) is 26.2 Å². The van der Waals surface area contributed by atoms with Crippen LogP contribution in [0.2, 0.25) is 0 Å². The molecule has 7 rings (SSSR count). The number of hydrogen-bond donors (Lipinski definition) is 2. The van der Waals surface area contributed by atoms with Gasteiger partial charge in [-0.1, -0.05) is 66.7 Å². The summed E-state index contributed by atoms with van der Waals surface area (Å²) in [7, 11) is 0. The van der Waals surface area contributed by atoms with Crippen LogP contribution in [0.15, 0.2) is 96.2 Å². The Hall–Kier alpha value is -4.96. The third kappa shape index (κ3) is 5.35. The van der Waals surface area contributed by atoms with Gasteiger partial charge in [0.25, 0.3) is 5.56 Å². The van der Waals surface area contributed by atoms with Crippen molar-refractivity contribution < 1.29 is 19.8 Å². The van der Waals surface area contributed by atoms with Crippen LogP contribution >= 0.6 is 0 Å². The summed E-state index contributed by atoms with van der Waals surface area (Å²) in [4.78, 5) is 46.9. The number of nitrogens with zero attached hydrogens (tertiary/aromatic N) is 5. The summed E-state index contributed by atoms with van der Waals surface area (Å²) < 4.78 is 3.40. The number of carbonyl (C=O) groups is 2. The average Bonchev–Trinajstić information content (AvgIpc) is 3.50. The lowest BCUT2D eigenvalue weighted by Crippen LogP contribution is -2.53. The van der Waals surface area contributed by atoms with Crippen molar-refractivity contribution in [1.82, 2.24) is 23.9 Å². The highest BCUT2D eigenvalue weighted by Gasteiger charge is 2.41. The van der Waals surface area contributed by atoms with Crippen LogP contribution in [-0.2, 0) is 11.3 Å². The van der Waals surface area contributed by atoms with E-state index in [0.717, 1.165) is 22.0 Å². The number of amides is 2. The summed E-state index contributed by atoms with van der Waals surface area (Å²) in [5.41, 5.74) is 1.06. The van der Waals surface area contributed by atoms with E-state index in [-0.39, 0.29) is 36.4 Å². The van der Waals surface area contributed by atoms with Gasteiger partial charge in [0, 0.05) is 49.6 Å². The van der Waals surface area contributed by atoms with E-state index in [2.05, 4.69) is 4.98 Å². The standard InChI is InChI=1S/C35H35N5O5/c41-32(27-13-17-38(34(43)44)21-29(27)25-7-2-1-3-8-25)37-19-15-35(45,16-20-37)22-39-23-36-31-28(33(39)42)14-18-40(31)30-12-6-10-24-9-4-5-11-26(24)30/h1-12,14,18,23,27,29,45H,13,15-17,19-22H2,(H,43,44)/t27-,29+/m1/s1. The molecule has 5 aromatic rings. The van der Waals surface area contributed by atoms with Gasteiger partial charge in [0.2, 0.25) is 5.91 Å². The second-order valence-electron chi connectivity index (χ2n) is 12.3. The largest absolute Gasteiger partial charge is 0.465 e. The van der Waals surface area contributed by atoms with Crippen LogP contribution in [0.4, 0.5) is 4.79 Å². The predicted octanol–water partition coefficient (Wildman–Crippen LogP) is 4.48. The summed E-state index contributed by atoms with van der Waals surface area (Å²) in [6.07, 6.45) is 3.48. The Bertz CT molecular complexity index is 1940. The summed E-state index contributed by atoms with van der Waals surface area (Å²) in [6.45, 7) is 1.39. The van der Waals surface area contributed by atoms with Crippen molar-refractivity contribution in [3.05, 3.63) is 107 Å². The maximum absolute atomic E-state index is 13.8. The van der Waals surface area contributed by atoms with Gasteiger partial charge in [-0.25, -0.2) is 9.78 Å². The fraction of sp³-hybridized carbons (Fsp3) is 0.314. The van der Waals surface area contributed by atoms with Gasteiger partial charge in [0.1, 0.15) is 6.33 Å². The van der Waals surface area contributed by atoms with Crippen molar-refractivity contribution in [3.8, 4) is 5.69 Å². The third-order valence-corrected chi connectivity index (χ3v) is 9.59. The number of fused-ring (bicyclic) bond motifs is 2. The highest BCUT2D eigenvalue weighted by Crippen LogP contribution is 2.35. The molecule has 2 amide bonds. The number of rotatable bonds is 5. The van der Waals surface area contributed by atoms with E-state index in [0.29, 0.717) is 49.9 Å². The first-order valence-corrected chi connectivity index (χ1v) is 15.4. The molecule has 2 saturated heterocycles. The minimum atomic E-state index is -1.17. The van der Waals surface area contributed by atoms with E-state index in [4.69, 9.17) is 0 Å². The van der Waals surface area contributed by atoms with Crippen molar-refractivity contribution in [2.24, 2.45) is 5.92 Å². The van der Waals surface area contributed by atoms with Crippen molar-refractivity contribution in [2.45, 2.75) is 37.3 Å². The molecule has 2 aromatic heterocycles. The monoisotopic (exact) mass is 605 g/mol. The lowest BCUT2D eigenvalue weighted by atomic mass is 9.79. The molecule has 4 heterocycles. The Labute approximate surface area is 259 Å². The molecule has 45 heavy (non-hydrogen) atoms. The van der Waals surface area contributed by atoms with Crippen molar-refractivity contribution in [3.63, 3.8) is 0 Å². The van der Waals surface area contributed by atoms with Gasteiger partial charge in [-0.05, 0) is 42.3 Å². The number of aromatic nitrogens is 3. The first-order valence-electron chi connectivity index (χ1n) is 15.4. The lowest BCUT2D eigenvalue weighted by molar-refractivity contribution is -0.142. The smallest absolute Gasteiger partial charge is 0.407 e. The predicted molar refractivity (Wildman–Crippen MR) is 170 cm³/mol. The zero-order valence-corrected chi connectivity index (χ0v) is 24.8. The van der Waals surface area contributed by atoms with Gasteiger partial charge in [-0.2, -0.15) is 0 Å². The number of carboxylic acid groups (broad SMARTS) is 1. The van der Waals surface area contributed by atoms with Crippen LogP contribution in [0, 0.1) is 5.92 Å². The molecular formula is C35H35N5O5. The molecule has 2 aliphatic rings. The van der Waals surface area contributed by atoms with Gasteiger partial charge in [0.15, 0.2) is 5.65 Å². The zero-order chi connectivity index (χ0) is 31.1. The van der Waals surface area contributed by atoms with Crippen LogP contribution in [0.1, 0.15) is 30.7 Å². The first kappa shape index (κ1) is 28.8. The molecule has 0 unspecified atom stereocenters. The topological polar surface area (TPSA) is 121 Å². The van der Waals surface area contributed by atoms with E-state index >= 15 is 0 Å². The molecule has 0 aliphatic carbocycles. The van der Waals surface area contributed by atoms with Crippen molar-refractivity contribution >= 4 is 33.8 Å². The van der Waals surface area contributed by atoms with Crippen LogP contribution in [-0.4, -0.2) is 77.9 Å². The van der Waals surface area contributed by atoms with Crippen LogP contribution < -0.4 is 5.56 Å². The second kappa shape index (κ2) is 11.5. The first-order chi connectivity index (χ1) is 21.8. The summed E-state index contributed by atoms with van der Waals surface area (Å²) in [5.74, 6) is -0.581. The Morgan fingerprint density at radius 1 is 0.867 bits per heavy atom. The number of aliphatic hydroxyl groups is 1. The highest BCUT2D eigenvalue weighted by atomic mass is 16.4. The minimum Gasteiger partial charge on any atom is -0.465 e. The molecule has 0 radical (unpaired) electrons. The van der Waals surface area contributed by atoms with E-state index in [1.54, 1.807) is 11.0 Å². The van der Waals surface area contributed by atoms with E-state index in [9.17, 15) is 24.6 Å². The maximum atomic E-state index is 13.8. The Morgan fingerprint density at radius 2 is 1.60 bits per heavy atom. The number of piperidine rings is 2. The number of carbonyl (C=O) groups excluding carboxylic acids is 1. The Balaban J connectivity index is 1.07. The normalized spacial score (nSPS) is 20.0. The van der Waals surface area contributed by atoms with Crippen LogP contribution in [0.3, 0.4) is 0 Å². The molecule has 2 fully saturated rings. The summed E-state index contributed by atoms with van der Waals surface area (Å²) in [5, 5.41) is 23.8. The Morgan fingerprint density at radius 3 is 2.38 bits per heavy atom. The fourth-order valence-corrected chi connectivity index (χ4v) is 7.09.